The van der Waals surface area contributed by atoms with Gasteiger partial charge in [-0.15, -0.1) is 11.3 Å². The summed E-state index contributed by atoms with van der Waals surface area (Å²) in [5.41, 5.74) is 1.20. The van der Waals surface area contributed by atoms with E-state index in [1.807, 2.05) is 11.0 Å². The first-order valence-electron chi connectivity index (χ1n) is 11.1. The summed E-state index contributed by atoms with van der Waals surface area (Å²) >= 11 is 1.31. The molecule has 2 aromatic carbocycles. The average Bonchev–Trinajstić information content (AvgIpc) is 3.39. The number of Topliss-reactive ketones (excluding diaryl/α,β-unsaturated/α-hetero) is 1. The Kier molecular flexibility index (Phi) is 6.15. The Morgan fingerprint density at radius 3 is 2.42 bits per heavy atom. The van der Waals surface area contributed by atoms with Gasteiger partial charge in [0.2, 0.25) is 0 Å². The molecule has 8 nitrogen and oxygen atoms in total. The molecule has 0 aliphatic carbocycles. The smallest absolute Gasteiger partial charge is 0.193 e. The molecule has 36 heavy (non-hydrogen) atoms. The second-order valence-corrected chi connectivity index (χ2v) is 9.35. The number of ether oxygens (including phenoxy) is 2. The SMILES string of the molecule is COc1cc(-c2cc(=O)c3c(s2)N(Cc2ccco2)C(c2ccc(O)c(OC)c2)CC3=O)ccc1O. The monoisotopic (exact) mass is 505 g/mol. The van der Waals surface area contributed by atoms with E-state index in [1.54, 1.807) is 36.6 Å². The zero-order valence-corrected chi connectivity index (χ0v) is 20.4. The highest BCUT2D eigenvalue weighted by Gasteiger charge is 2.36. The molecule has 1 aliphatic heterocycles. The normalized spacial score (nSPS) is 15.0. The third kappa shape index (κ3) is 4.18. The Morgan fingerprint density at radius 1 is 1.00 bits per heavy atom. The standard InChI is InChI=1S/C27H23NO7S/c1-33-23-10-15(5-7-19(23)29)18-12-21(31)26-22(32)13-25(16-6-8-20(30)24(11-16)34-2)36-27(26)28(18)14-17-4-3-9-35-17/h3-11,13,18,29-30H,12,14H2,1-2H3. The first-order valence-corrected chi connectivity index (χ1v) is 12.0. The summed E-state index contributed by atoms with van der Waals surface area (Å²) in [6.45, 7) is 0.319. The molecular formula is C27H23NO7S. The number of phenolic OH excluding ortho intramolecular Hbond substituents is 2. The molecule has 0 radical (unpaired) electrons. The molecule has 0 spiro atoms. The van der Waals surface area contributed by atoms with Gasteiger partial charge in [-0.1, -0.05) is 6.07 Å². The maximum Gasteiger partial charge on any atom is 0.193 e. The predicted molar refractivity (Wildman–Crippen MR) is 135 cm³/mol. The van der Waals surface area contributed by atoms with Gasteiger partial charge < -0.3 is 29.0 Å². The van der Waals surface area contributed by atoms with Crippen LogP contribution in [0.3, 0.4) is 0 Å². The van der Waals surface area contributed by atoms with E-state index in [2.05, 4.69) is 0 Å². The quantitative estimate of drug-likeness (QED) is 0.371. The Bertz CT molecular complexity index is 1490. The van der Waals surface area contributed by atoms with Gasteiger partial charge in [0, 0.05) is 17.4 Å². The summed E-state index contributed by atoms with van der Waals surface area (Å²) in [6.07, 6.45) is 1.65. The van der Waals surface area contributed by atoms with Crippen LogP contribution in [0.4, 0.5) is 5.00 Å². The van der Waals surface area contributed by atoms with Crippen molar-refractivity contribution in [3.05, 3.63) is 88.0 Å². The Balaban J connectivity index is 1.68. The Labute approximate surface area is 210 Å². The van der Waals surface area contributed by atoms with Crippen LogP contribution in [-0.4, -0.2) is 30.2 Å². The third-order valence-electron chi connectivity index (χ3n) is 6.18. The van der Waals surface area contributed by atoms with Crippen molar-refractivity contribution in [1.82, 2.24) is 0 Å². The van der Waals surface area contributed by atoms with E-state index in [0.29, 0.717) is 33.5 Å². The molecule has 5 rings (SSSR count). The highest BCUT2D eigenvalue weighted by atomic mass is 32.1. The van der Waals surface area contributed by atoms with E-state index < -0.39 is 6.04 Å². The number of phenols is 2. The van der Waals surface area contributed by atoms with Crippen LogP contribution in [0.25, 0.3) is 10.4 Å². The molecule has 1 atom stereocenters. The van der Waals surface area contributed by atoms with E-state index >= 15 is 0 Å². The predicted octanol–water partition coefficient (Wildman–Crippen LogP) is 5.13. The molecule has 1 unspecified atom stereocenters. The molecular weight excluding hydrogens is 482 g/mol. The van der Waals surface area contributed by atoms with Crippen LogP contribution < -0.4 is 19.8 Å². The Morgan fingerprint density at radius 2 is 1.72 bits per heavy atom. The number of furan rings is 1. The second kappa shape index (κ2) is 9.43. The lowest BCUT2D eigenvalue weighted by molar-refractivity contribution is 0.0964. The molecule has 0 saturated carbocycles. The van der Waals surface area contributed by atoms with Gasteiger partial charge in [-0.25, -0.2) is 0 Å². The summed E-state index contributed by atoms with van der Waals surface area (Å²) in [7, 11) is 2.92. The van der Waals surface area contributed by atoms with Crippen LogP contribution >= 0.6 is 11.3 Å². The third-order valence-corrected chi connectivity index (χ3v) is 7.39. The lowest BCUT2D eigenvalue weighted by Crippen LogP contribution is -2.37. The maximum absolute atomic E-state index is 13.3. The fourth-order valence-electron chi connectivity index (χ4n) is 4.39. The summed E-state index contributed by atoms with van der Waals surface area (Å²) in [4.78, 5) is 29.1. The number of methoxy groups -OCH3 is 2. The average molecular weight is 506 g/mol. The number of aromatic hydroxyl groups is 2. The first kappa shape index (κ1) is 23.5. The molecule has 0 fully saturated rings. The second-order valence-electron chi connectivity index (χ2n) is 8.32. The number of benzene rings is 2. The summed E-state index contributed by atoms with van der Waals surface area (Å²) in [5, 5.41) is 20.6. The zero-order chi connectivity index (χ0) is 25.4. The highest BCUT2D eigenvalue weighted by Crippen LogP contribution is 2.45. The van der Waals surface area contributed by atoms with Gasteiger partial charge in [0.25, 0.3) is 0 Å². The van der Waals surface area contributed by atoms with Gasteiger partial charge in [0.05, 0.1) is 38.6 Å². The summed E-state index contributed by atoms with van der Waals surface area (Å²) < 4.78 is 16.1. The summed E-state index contributed by atoms with van der Waals surface area (Å²) in [6, 6.07) is 14.5. The van der Waals surface area contributed by atoms with Crippen LogP contribution in [0.5, 0.6) is 23.0 Å². The van der Waals surface area contributed by atoms with Gasteiger partial charge in [0.15, 0.2) is 34.2 Å². The number of hydrogen-bond donors (Lipinski definition) is 2. The number of hydrogen-bond acceptors (Lipinski definition) is 9. The van der Waals surface area contributed by atoms with Crippen molar-refractivity contribution in [2.24, 2.45) is 0 Å². The van der Waals surface area contributed by atoms with Gasteiger partial charge in [-0.2, -0.15) is 0 Å². The minimum atomic E-state index is -0.426. The topological polar surface area (TPSA) is 109 Å². The molecule has 3 heterocycles. The molecule has 0 saturated heterocycles. The van der Waals surface area contributed by atoms with Crippen LogP contribution in [-0.2, 0) is 6.54 Å². The van der Waals surface area contributed by atoms with Crippen molar-refractivity contribution >= 4 is 22.1 Å². The van der Waals surface area contributed by atoms with Crippen LogP contribution in [0.1, 0.15) is 34.1 Å². The van der Waals surface area contributed by atoms with Gasteiger partial charge in [0.1, 0.15) is 10.8 Å². The number of rotatable bonds is 6. The van der Waals surface area contributed by atoms with Crippen molar-refractivity contribution in [3.63, 3.8) is 0 Å². The number of anilines is 1. The minimum absolute atomic E-state index is 0.00501. The van der Waals surface area contributed by atoms with E-state index in [1.165, 1.54) is 43.8 Å². The van der Waals surface area contributed by atoms with Gasteiger partial charge >= 0.3 is 0 Å². The summed E-state index contributed by atoms with van der Waals surface area (Å²) in [5.74, 6) is 0.970. The van der Waals surface area contributed by atoms with Gasteiger partial charge in [-0.3, -0.25) is 9.59 Å². The zero-order valence-electron chi connectivity index (χ0n) is 19.6. The van der Waals surface area contributed by atoms with Crippen molar-refractivity contribution in [1.29, 1.82) is 0 Å². The van der Waals surface area contributed by atoms with Crippen molar-refractivity contribution < 1.29 is 28.9 Å². The minimum Gasteiger partial charge on any atom is -0.504 e. The number of nitrogens with zero attached hydrogens (tertiary/aromatic N) is 1. The molecule has 0 bridgehead atoms. The molecule has 9 heteroatoms. The van der Waals surface area contributed by atoms with E-state index in [9.17, 15) is 19.8 Å². The van der Waals surface area contributed by atoms with Crippen molar-refractivity contribution in [2.75, 3.05) is 19.1 Å². The first-order chi connectivity index (χ1) is 17.4. The lowest BCUT2D eigenvalue weighted by Gasteiger charge is -2.37. The van der Waals surface area contributed by atoms with Crippen LogP contribution in [0, 0.1) is 0 Å². The van der Waals surface area contributed by atoms with Crippen molar-refractivity contribution in [2.45, 2.75) is 19.0 Å². The fraction of sp³-hybridized carbons (Fsp3) is 0.185. The molecule has 184 valence electrons. The molecule has 2 N–H and O–H groups in total. The Hall–Kier alpha value is -4.24. The highest BCUT2D eigenvalue weighted by molar-refractivity contribution is 7.19. The maximum atomic E-state index is 13.3. The number of carbonyl (C=O) groups excluding carboxylic acids is 1. The van der Waals surface area contributed by atoms with E-state index in [-0.39, 0.29) is 40.4 Å². The fourth-order valence-corrected chi connectivity index (χ4v) is 5.64. The largest absolute Gasteiger partial charge is 0.504 e. The van der Waals surface area contributed by atoms with E-state index in [0.717, 1.165) is 5.56 Å². The van der Waals surface area contributed by atoms with Crippen LogP contribution in [0.2, 0.25) is 0 Å². The lowest BCUT2D eigenvalue weighted by atomic mass is 9.92. The molecule has 0 amide bonds. The molecule has 4 aromatic rings. The van der Waals surface area contributed by atoms with Gasteiger partial charge in [-0.05, 0) is 53.6 Å². The number of fused-ring (bicyclic) bond motifs is 1. The number of carbonyl (C=O) groups is 1. The van der Waals surface area contributed by atoms with Crippen molar-refractivity contribution in [3.8, 4) is 33.4 Å². The molecule has 1 aliphatic rings. The number of ketones is 1. The molecule has 2 aromatic heterocycles. The van der Waals surface area contributed by atoms with E-state index in [4.69, 9.17) is 13.9 Å². The van der Waals surface area contributed by atoms with Crippen LogP contribution in [0.15, 0.2) is 70.1 Å².